The van der Waals surface area contributed by atoms with E-state index < -0.39 is 10.0 Å². The highest BCUT2D eigenvalue weighted by Crippen LogP contribution is 1.98. The van der Waals surface area contributed by atoms with Crippen LogP contribution in [0.3, 0.4) is 0 Å². The Morgan fingerprint density at radius 1 is 1.50 bits per heavy atom. The second-order valence-electron chi connectivity index (χ2n) is 3.20. The van der Waals surface area contributed by atoms with Crippen LogP contribution < -0.4 is 4.72 Å². The van der Waals surface area contributed by atoms with E-state index in [0.717, 1.165) is 0 Å². The van der Waals surface area contributed by atoms with Crippen LogP contribution in [0.2, 0.25) is 0 Å². The van der Waals surface area contributed by atoms with Crippen molar-refractivity contribution in [1.29, 1.82) is 0 Å². The van der Waals surface area contributed by atoms with Crippen molar-refractivity contribution in [3.63, 3.8) is 0 Å². The van der Waals surface area contributed by atoms with Crippen LogP contribution >= 0.6 is 0 Å². The van der Waals surface area contributed by atoms with Crippen LogP contribution in [0.15, 0.2) is 0 Å². The molecule has 0 spiro atoms. The fraction of sp³-hybridized carbons (Fsp3) is 1.00. The van der Waals surface area contributed by atoms with Crippen LogP contribution in [0.25, 0.3) is 0 Å². The van der Waals surface area contributed by atoms with Gasteiger partial charge in [0.25, 0.3) is 0 Å². The van der Waals surface area contributed by atoms with Gasteiger partial charge in [-0.2, -0.15) is 0 Å². The lowest BCUT2D eigenvalue weighted by atomic mass is 10.2. The number of rotatable bonds is 8. The van der Waals surface area contributed by atoms with Crippen LogP contribution in [0.1, 0.15) is 19.8 Å². The van der Waals surface area contributed by atoms with Gasteiger partial charge in [-0.15, -0.1) is 0 Å². The maximum Gasteiger partial charge on any atom is 0.214 e. The monoisotopic (exact) mass is 225 g/mol. The molecule has 0 aromatic carbocycles. The average Bonchev–Trinajstić information content (AvgIpc) is 2.11. The van der Waals surface area contributed by atoms with Crippen molar-refractivity contribution in [3.05, 3.63) is 0 Å². The first-order valence-electron chi connectivity index (χ1n) is 4.61. The number of nitrogens with one attached hydrogen (secondary N) is 1. The Labute approximate surface area is 85.5 Å². The highest BCUT2D eigenvalue weighted by Gasteiger charge is 2.13. The van der Waals surface area contributed by atoms with Crippen LogP contribution in [0.5, 0.6) is 0 Å². The van der Waals surface area contributed by atoms with Gasteiger partial charge in [0.2, 0.25) is 10.0 Å². The van der Waals surface area contributed by atoms with E-state index in [0.29, 0.717) is 12.8 Å². The van der Waals surface area contributed by atoms with Crippen LogP contribution in [-0.4, -0.2) is 45.6 Å². The molecule has 0 aliphatic heterocycles. The lowest BCUT2D eigenvalue weighted by Gasteiger charge is -2.13. The van der Waals surface area contributed by atoms with Gasteiger partial charge in [-0.3, -0.25) is 0 Å². The third kappa shape index (κ3) is 7.25. The fourth-order valence-corrected chi connectivity index (χ4v) is 2.25. The summed E-state index contributed by atoms with van der Waals surface area (Å²) in [5.41, 5.74) is 0. The van der Waals surface area contributed by atoms with Gasteiger partial charge in [-0.1, -0.05) is 0 Å². The van der Waals surface area contributed by atoms with E-state index in [-0.39, 0.29) is 25.0 Å². The molecule has 0 aromatic rings. The van der Waals surface area contributed by atoms with Crippen molar-refractivity contribution in [2.75, 3.05) is 26.1 Å². The Morgan fingerprint density at radius 2 is 2.14 bits per heavy atom. The molecule has 0 fully saturated rings. The lowest BCUT2D eigenvalue weighted by Crippen LogP contribution is -2.35. The zero-order chi connectivity index (χ0) is 11.0. The highest BCUT2D eigenvalue weighted by atomic mass is 32.2. The first kappa shape index (κ1) is 13.8. The smallest absolute Gasteiger partial charge is 0.214 e. The molecule has 1 unspecified atom stereocenters. The molecule has 1 atom stereocenters. The maximum atomic E-state index is 11.3. The van der Waals surface area contributed by atoms with E-state index in [4.69, 9.17) is 5.11 Å². The molecule has 0 heterocycles. The minimum absolute atomic E-state index is 0.0209. The SMILES string of the molecule is COCCS(=O)(=O)NC(C)CCCO. The molecule has 6 heteroatoms. The van der Waals surface area contributed by atoms with Crippen molar-refractivity contribution in [3.8, 4) is 0 Å². The van der Waals surface area contributed by atoms with Gasteiger partial charge in [0, 0.05) is 19.8 Å². The van der Waals surface area contributed by atoms with E-state index in [1.807, 2.05) is 0 Å². The minimum Gasteiger partial charge on any atom is -0.396 e. The molecule has 0 saturated carbocycles. The van der Waals surface area contributed by atoms with Crippen LogP contribution in [0.4, 0.5) is 0 Å². The summed E-state index contributed by atoms with van der Waals surface area (Å²) in [6.07, 6.45) is 1.25. The molecule has 0 saturated heterocycles. The Kier molecular flexibility index (Phi) is 7.08. The minimum atomic E-state index is -3.23. The molecule has 14 heavy (non-hydrogen) atoms. The van der Waals surface area contributed by atoms with Crippen LogP contribution in [0, 0.1) is 0 Å². The Balaban J connectivity index is 3.83. The molecule has 0 radical (unpaired) electrons. The number of aliphatic hydroxyl groups is 1. The number of sulfonamides is 1. The van der Waals surface area contributed by atoms with Gasteiger partial charge in [0.15, 0.2) is 0 Å². The van der Waals surface area contributed by atoms with Crippen molar-refractivity contribution < 1.29 is 18.3 Å². The van der Waals surface area contributed by atoms with Gasteiger partial charge < -0.3 is 9.84 Å². The third-order valence-electron chi connectivity index (χ3n) is 1.73. The topological polar surface area (TPSA) is 75.6 Å². The average molecular weight is 225 g/mol. The predicted molar refractivity (Wildman–Crippen MR) is 54.6 cm³/mol. The first-order valence-corrected chi connectivity index (χ1v) is 6.27. The van der Waals surface area contributed by atoms with E-state index in [2.05, 4.69) is 9.46 Å². The molecular weight excluding hydrogens is 206 g/mol. The summed E-state index contributed by atoms with van der Waals surface area (Å²) in [6.45, 7) is 2.06. The molecule has 0 bridgehead atoms. The van der Waals surface area contributed by atoms with Gasteiger partial charge in [0.1, 0.15) is 0 Å². The maximum absolute atomic E-state index is 11.3. The Hall–Kier alpha value is -0.170. The summed E-state index contributed by atoms with van der Waals surface area (Å²) in [5.74, 6) is -0.0209. The number of aliphatic hydroxyl groups excluding tert-OH is 1. The molecule has 86 valence electrons. The second-order valence-corrected chi connectivity index (χ2v) is 5.07. The van der Waals surface area contributed by atoms with Gasteiger partial charge in [-0.05, 0) is 19.8 Å². The Morgan fingerprint density at radius 3 is 2.64 bits per heavy atom. The van der Waals surface area contributed by atoms with E-state index in [1.54, 1.807) is 6.92 Å². The van der Waals surface area contributed by atoms with Crippen molar-refractivity contribution in [1.82, 2.24) is 4.72 Å². The van der Waals surface area contributed by atoms with Crippen LogP contribution in [-0.2, 0) is 14.8 Å². The largest absolute Gasteiger partial charge is 0.396 e. The lowest BCUT2D eigenvalue weighted by molar-refractivity contribution is 0.216. The van der Waals surface area contributed by atoms with Gasteiger partial charge >= 0.3 is 0 Å². The van der Waals surface area contributed by atoms with E-state index >= 15 is 0 Å². The van der Waals surface area contributed by atoms with E-state index in [1.165, 1.54) is 7.11 Å². The first-order chi connectivity index (χ1) is 6.52. The quantitative estimate of drug-likeness (QED) is 0.595. The number of methoxy groups -OCH3 is 1. The van der Waals surface area contributed by atoms with Crippen molar-refractivity contribution in [2.45, 2.75) is 25.8 Å². The highest BCUT2D eigenvalue weighted by molar-refractivity contribution is 7.89. The van der Waals surface area contributed by atoms with Crippen molar-refractivity contribution in [2.24, 2.45) is 0 Å². The molecular formula is C8H19NO4S. The summed E-state index contributed by atoms with van der Waals surface area (Å²) < 4.78 is 29.8. The van der Waals surface area contributed by atoms with Gasteiger partial charge in [-0.25, -0.2) is 13.1 Å². The zero-order valence-electron chi connectivity index (χ0n) is 8.69. The van der Waals surface area contributed by atoms with Gasteiger partial charge in [0.05, 0.1) is 12.4 Å². The molecule has 0 rings (SSSR count). The zero-order valence-corrected chi connectivity index (χ0v) is 9.51. The van der Waals surface area contributed by atoms with Crippen molar-refractivity contribution >= 4 is 10.0 Å². The molecule has 0 amide bonds. The second kappa shape index (κ2) is 7.17. The summed E-state index contributed by atoms with van der Waals surface area (Å²) in [6, 6.07) is -0.135. The summed E-state index contributed by atoms with van der Waals surface area (Å²) >= 11 is 0. The Bertz CT molecular complexity index is 227. The number of ether oxygens (including phenoxy) is 1. The fourth-order valence-electron chi connectivity index (χ4n) is 1.01. The third-order valence-corrected chi connectivity index (χ3v) is 3.20. The molecule has 5 nitrogen and oxygen atoms in total. The van der Waals surface area contributed by atoms with E-state index in [9.17, 15) is 8.42 Å². The number of hydrogen-bond donors (Lipinski definition) is 2. The predicted octanol–water partition coefficient (Wildman–Crippen LogP) is -0.287. The standard InChI is InChI=1S/C8H19NO4S/c1-8(4-3-5-10)9-14(11,12)7-6-13-2/h8-10H,3-7H2,1-2H3. The number of hydrogen-bond acceptors (Lipinski definition) is 4. The summed E-state index contributed by atoms with van der Waals surface area (Å²) in [4.78, 5) is 0. The normalized spacial score (nSPS) is 14.2. The summed E-state index contributed by atoms with van der Waals surface area (Å²) in [5, 5.41) is 8.56. The molecule has 2 N–H and O–H groups in total. The summed E-state index contributed by atoms with van der Waals surface area (Å²) in [7, 11) is -1.77. The molecule has 0 aliphatic carbocycles. The molecule has 0 aromatic heterocycles. The molecule has 0 aliphatic rings.